The molecule has 22 heavy (non-hydrogen) atoms. The molecule has 0 aliphatic heterocycles. The van der Waals surface area contributed by atoms with Crippen molar-refractivity contribution in [2.45, 2.75) is 25.9 Å². The van der Waals surface area contributed by atoms with Crippen LogP contribution in [-0.2, 0) is 13.0 Å². The molecule has 2 amide bonds. The van der Waals surface area contributed by atoms with E-state index >= 15 is 0 Å². The van der Waals surface area contributed by atoms with Gasteiger partial charge in [0, 0.05) is 39.3 Å². The molecular weight excluding hydrogens is 280 g/mol. The number of nitrogens with one attached hydrogen (secondary N) is 2. The maximum Gasteiger partial charge on any atom is 0.315 e. The Labute approximate surface area is 130 Å². The van der Waals surface area contributed by atoms with Crippen LogP contribution >= 0.6 is 0 Å². The SMILES string of the molecule is C[C@@H](Cc1ccco1)NC(=O)NCc1ccnc(N(C)C)c1. The van der Waals surface area contributed by atoms with Crippen LogP contribution in [0.3, 0.4) is 0 Å². The van der Waals surface area contributed by atoms with Crippen molar-refractivity contribution in [3.05, 3.63) is 48.0 Å². The Balaban J connectivity index is 1.78. The molecule has 6 nitrogen and oxygen atoms in total. The average Bonchev–Trinajstić information content (AvgIpc) is 2.98. The fourth-order valence-corrected chi connectivity index (χ4v) is 2.05. The minimum absolute atomic E-state index is 0.000858. The van der Waals surface area contributed by atoms with E-state index in [1.807, 2.05) is 50.2 Å². The van der Waals surface area contributed by atoms with Gasteiger partial charge in [-0.25, -0.2) is 9.78 Å². The van der Waals surface area contributed by atoms with Crippen LogP contribution in [-0.4, -0.2) is 31.2 Å². The Bertz CT molecular complexity index is 596. The van der Waals surface area contributed by atoms with Gasteiger partial charge in [-0.3, -0.25) is 0 Å². The predicted molar refractivity (Wildman–Crippen MR) is 85.8 cm³/mol. The van der Waals surface area contributed by atoms with Crippen LogP contribution in [0.25, 0.3) is 0 Å². The molecule has 0 fully saturated rings. The summed E-state index contributed by atoms with van der Waals surface area (Å²) in [5.74, 6) is 1.73. The first kappa shape index (κ1) is 15.9. The first-order chi connectivity index (χ1) is 10.5. The van der Waals surface area contributed by atoms with Crippen molar-refractivity contribution in [1.29, 1.82) is 0 Å². The van der Waals surface area contributed by atoms with E-state index in [1.165, 1.54) is 0 Å². The van der Waals surface area contributed by atoms with Crippen LogP contribution in [0, 0.1) is 0 Å². The number of nitrogens with zero attached hydrogens (tertiary/aromatic N) is 2. The lowest BCUT2D eigenvalue weighted by Crippen LogP contribution is -2.41. The summed E-state index contributed by atoms with van der Waals surface area (Å²) in [6, 6.07) is 7.39. The molecule has 2 aromatic heterocycles. The fourth-order valence-electron chi connectivity index (χ4n) is 2.05. The zero-order valence-electron chi connectivity index (χ0n) is 13.2. The van der Waals surface area contributed by atoms with Crippen LogP contribution in [0.4, 0.5) is 10.6 Å². The van der Waals surface area contributed by atoms with Gasteiger partial charge in [0.05, 0.1) is 6.26 Å². The molecule has 0 aromatic carbocycles. The third kappa shape index (κ3) is 4.80. The van der Waals surface area contributed by atoms with Gasteiger partial charge in [0.1, 0.15) is 11.6 Å². The second-order valence-corrected chi connectivity index (χ2v) is 5.43. The van der Waals surface area contributed by atoms with Gasteiger partial charge in [-0.15, -0.1) is 0 Å². The Kier molecular flexibility index (Phi) is 5.41. The van der Waals surface area contributed by atoms with E-state index in [-0.39, 0.29) is 12.1 Å². The molecular formula is C16H22N4O2. The van der Waals surface area contributed by atoms with Crippen molar-refractivity contribution in [2.24, 2.45) is 0 Å². The van der Waals surface area contributed by atoms with Crippen molar-refractivity contribution in [1.82, 2.24) is 15.6 Å². The summed E-state index contributed by atoms with van der Waals surface area (Å²) >= 11 is 0. The summed E-state index contributed by atoms with van der Waals surface area (Å²) in [7, 11) is 3.87. The van der Waals surface area contributed by atoms with E-state index in [9.17, 15) is 4.79 Å². The molecule has 118 valence electrons. The van der Waals surface area contributed by atoms with Gasteiger partial charge in [-0.2, -0.15) is 0 Å². The van der Waals surface area contributed by atoms with E-state index in [4.69, 9.17) is 4.42 Å². The number of pyridine rings is 1. The molecule has 0 spiro atoms. The third-order valence-corrected chi connectivity index (χ3v) is 3.19. The van der Waals surface area contributed by atoms with Gasteiger partial charge >= 0.3 is 6.03 Å². The molecule has 6 heteroatoms. The van der Waals surface area contributed by atoms with Crippen LogP contribution in [0.15, 0.2) is 41.1 Å². The highest BCUT2D eigenvalue weighted by Crippen LogP contribution is 2.09. The Morgan fingerprint density at radius 3 is 2.91 bits per heavy atom. The fraction of sp³-hybridized carbons (Fsp3) is 0.375. The Morgan fingerprint density at radius 2 is 2.23 bits per heavy atom. The molecule has 0 radical (unpaired) electrons. The quantitative estimate of drug-likeness (QED) is 0.858. The highest BCUT2D eigenvalue weighted by atomic mass is 16.3. The van der Waals surface area contributed by atoms with Crippen LogP contribution in [0.5, 0.6) is 0 Å². The number of hydrogen-bond donors (Lipinski definition) is 2. The summed E-state index contributed by atoms with van der Waals surface area (Å²) in [4.78, 5) is 18.1. The lowest BCUT2D eigenvalue weighted by atomic mass is 10.2. The van der Waals surface area contributed by atoms with Gasteiger partial charge in [-0.1, -0.05) is 0 Å². The zero-order valence-corrected chi connectivity index (χ0v) is 13.2. The molecule has 0 unspecified atom stereocenters. The first-order valence-electron chi connectivity index (χ1n) is 7.23. The van der Waals surface area contributed by atoms with Crippen molar-refractivity contribution in [2.75, 3.05) is 19.0 Å². The zero-order chi connectivity index (χ0) is 15.9. The number of urea groups is 1. The van der Waals surface area contributed by atoms with Gasteiger partial charge in [0.2, 0.25) is 0 Å². The van der Waals surface area contributed by atoms with E-state index in [0.29, 0.717) is 13.0 Å². The third-order valence-electron chi connectivity index (χ3n) is 3.19. The number of carbonyl (C=O) groups excluding carboxylic acids is 1. The molecule has 2 N–H and O–H groups in total. The van der Waals surface area contributed by atoms with Crippen molar-refractivity contribution in [3.8, 4) is 0 Å². The van der Waals surface area contributed by atoms with E-state index < -0.39 is 0 Å². The predicted octanol–water partition coefficient (Wildman–Crippen LogP) is 2.17. The van der Waals surface area contributed by atoms with Gasteiger partial charge in [0.25, 0.3) is 0 Å². The average molecular weight is 302 g/mol. The largest absolute Gasteiger partial charge is 0.469 e. The Morgan fingerprint density at radius 1 is 1.41 bits per heavy atom. The number of furan rings is 1. The molecule has 0 saturated heterocycles. The number of amides is 2. The van der Waals surface area contributed by atoms with Crippen molar-refractivity contribution >= 4 is 11.8 Å². The summed E-state index contributed by atoms with van der Waals surface area (Å²) in [5.41, 5.74) is 1.01. The molecule has 2 heterocycles. The number of hydrogen-bond acceptors (Lipinski definition) is 4. The second-order valence-electron chi connectivity index (χ2n) is 5.43. The van der Waals surface area contributed by atoms with E-state index in [0.717, 1.165) is 17.1 Å². The topological polar surface area (TPSA) is 70.4 Å². The maximum absolute atomic E-state index is 11.9. The van der Waals surface area contributed by atoms with Crippen molar-refractivity contribution in [3.63, 3.8) is 0 Å². The minimum Gasteiger partial charge on any atom is -0.469 e. The summed E-state index contributed by atoms with van der Waals surface area (Å²) in [6.45, 7) is 2.40. The summed E-state index contributed by atoms with van der Waals surface area (Å²) in [6.07, 6.45) is 4.04. The summed E-state index contributed by atoms with van der Waals surface area (Å²) in [5, 5.41) is 5.74. The Hall–Kier alpha value is -2.50. The normalized spacial score (nSPS) is 11.8. The van der Waals surface area contributed by atoms with E-state index in [1.54, 1.807) is 12.5 Å². The maximum atomic E-state index is 11.9. The van der Waals surface area contributed by atoms with Gasteiger partial charge in [-0.05, 0) is 36.8 Å². The smallest absolute Gasteiger partial charge is 0.315 e. The van der Waals surface area contributed by atoms with Crippen LogP contribution < -0.4 is 15.5 Å². The standard InChI is InChI=1S/C16H22N4O2/c1-12(9-14-5-4-8-22-14)19-16(21)18-11-13-6-7-17-15(10-13)20(2)3/h4-8,10,12H,9,11H2,1-3H3,(H2,18,19,21)/t12-/m0/s1. The van der Waals surface area contributed by atoms with Crippen LogP contribution in [0.1, 0.15) is 18.2 Å². The van der Waals surface area contributed by atoms with Gasteiger partial charge < -0.3 is 20.0 Å². The monoisotopic (exact) mass is 302 g/mol. The molecule has 0 saturated carbocycles. The number of anilines is 1. The lowest BCUT2D eigenvalue weighted by Gasteiger charge is -2.15. The number of rotatable bonds is 6. The van der Waals surface area contributed by atoms with Gasteiger partial charge in [0.15, 0.2) is 0 Å². The highest BCUT2D eigenvalue weighted by Gasteiger charge is 2.09. The van der Waals surface area contributed by atoms with E-state index in [2.05, 4.69) is 15.6 Å². The number of aromatic nitrogens is 1. The molecule has 0 aliphatic carbocycles. The highest BCUT2D eigenvalue weighted by molar-refractivity contribution is 5.74. The molecule has 0 aliphatic rings. The molecule has 2 aromatic rings. The first-order valence-corrected chi connectivity index (χ1v) is 7.23. The minimum atomic E-state index is -0.192. The summed E-state index contributed by atoms with van der Waals surface area (Å²) < 4.78 is 5.27. The lowest BCUT2D eigenvalue weighted by molar-refractivity contribution is 0.237. The molecule has 1 atom stereocenters. The molecule has 2 rings (SSSR count). The second kappa shape index (κ2) is 7.49. The number of carbonyl (C=O) groups is 1. The van der Waals surface area contributed by atoms with Crippen LogP contribution in [0.2, 0.25) is 0 Å². The van der Waals surface area contributed by atoms with Crippen molar-refractivity contribution < 1.29 is 9.21 Å². The molecule has 0 bridgehead atoms.